The van der Waals surface area contributed by atoms with Gasteiger partial charge in [0, 0.05) is 18.5 Å². The van der Waals surface area contributed by atoms with Crippen molar-refractivity contribution in [3.8, 4) is 22.5 Å². The fourth-order valence-corrected chi connectivity index (χ4v) is 3.73. The van der Waals surface area contributed by atoms with Gasteiger partial charge in [0.2, 0.25) is 0 Å². The Kier molecular flexibility index (Phi) is 6.58. The number of hydrogen-bond donors (Lipinski definition) is 1. The molecule has 0 bridgehead atoms. The van der Waals surface area contributed by atoms with E-state index in [1.54, 1.807) is 4.68 Å². The number of aromatic amines is 1. The molecule has 0 saturated heterocycles. The highest BCUT2D eigenvalue weighted by molar-refractivity contribution is 5.70. The van der Waals surface area contributed by atoms with E-state index in [1.165, 1.54) is 0 Å². The molecule has 0 aliphatic rings. The summed E-state index contributed by atoms with van der Waals surface area (Å²) in [7, 11) is 0. The molecule has 8 heteroatoms. The van der Waals surface area contributed by atoms with Crippen molar-refractivity contribution in [2.24, 2.45) is 5.92 Å². The third-order valence-corrected chi connectivity index (χ3v) is 5.42. The minimum atomic E-state index is -0.0217. The molecule has 1 N–H and O–H groups in total. The van der Waals surface area contributed by atoms with E-state index in [2.05, 4.69) is 82.9 Å². The molecule has 0 amide bonds. The molecule has 0 unspecified atom stereocenters. The summed E-state index contributed by atoms with van der Waals surface area (Å²) in [5.41, 5.74) is 4.16. The fourth-order valence-electron chi connectivity index (χ4n) is 3.73. The molecule has 32 heavy (non-hydrogen) atoms. The van der Waals surface area contributed by atoms with Crippen molar-refractivity contribution in [3.05, 3.63) is 70.4 Å². The van der Waals surface area contributed by atoms with Crippen LogP contribution in [0.4, 0.5) is 0 Å². The molecule has 2 aromatic carbocycles. The third-order valence-electron chi connectivity index (χ3n) is 5.42. The van der Waals surface area contributed by atoms with E-state index in [9.17, 15) is 4.79 Å². The fraction of sp³-hybridized carbons (Fsp3) is 0.375. The number of unbranched alkanes of at least 4 members (excludes halogenated alkanes) is 1. The Labute approximate surface area is 187 Å². The van der Waals surface area contributed by atoms with Gasteiger partial charge in [0.05, 0.1) is 6.54 Å². The molecule has 2 aromatic heterocycles. The van der Waals surface area contributed by atoms with Crippen LogP contribution in [0.3, 0.4) is 0 Å². The number of nitrogens with one attached hydrogen (secondary N) is 1. The highest BCUT2D eigenvalue weighted by Gasteiger charge is 2.15. The average molecular weight is 432 g/mol. The summed E-state index contributed by atoms with van der Waals surface area (Å²) in [6.07, 6.45) is 2.78. The first-order valence-corrected chi connectivity index (χ1v) is 11.1. The Morgan fingerprint density at radius 2 is 1.81 bits per heavy atom. The first-order chi connectivity index (χ1) is 15.5. The molecule has 8 nitrogen and oxygen atoms in total. The van der Waals surface area contributed by atoms with Gasteiger partial charge >= 0.3 is 5.69 Å². The highest BCUT2D eigenvalue weighted by atomic mass is 16.2. The van der Waals surface area contributed by atoms with Crippen molar-refractivity contribution in [2.45, 2.75) is 53.1 Å². The van der Waals surface area contributed by atoms with Crippen LogP contribution in [0.1, 0.15) is 45.0 Å². The van der Waals surface area contributed by atoms with Gasteiger partial charge in [0.25, 0.3) is 0 Å². The van der Waals surface area contributed by atoms with Crippen molar-refractivity contribution in [2.75, 3.05) is 0 Å². The Hall–Kier alpha value is -3.55. The summed E-state index contributed by atoms with van der Waals surface area (Å²) in [5.74, 6) is 1.93. The number of aromatic nitrogens is 7. The van der Waals surface area contributed by atoms with E-state index in [4.69, 9.17) is 0 Å². The average Bonchev–Trinajstić information content (AvgIpc) is 3.43. The number of rotatable bonds is 9. The van der Waals surface area contributed by atoms with E-state index in [0.717, 1.165) is 47.3 Å². The van der Waals surface area contributed by atoms with E-state index in [-0.39, 0.29) is 5.69 Å². The predicted octanol–water partition coefficient (Wildman–Crippen LogP) is 3.94. The maximum Gasteiger partial charge on any atom is 0.346 e. The van der Waals surface area contributed by atoms with Crippen molar-refractivity contribution in [1.29, 1.82) is 0 Å². The second kappa shape index (κ2) is 9.72. The zero-order valence-corrected chi connectivity index (χ0v) is 18.8. The molecule has 0 fully saturated rings. The Morgan fingerprint density at radius 3 is 2.50 bits per heavy atom. The van der Waals surface area contributed by atoms with Crippen LogP contribution < -0.4 is 5.69 Å². The number of tetrazole rings is 1. The molecule has 2 heterocycles. The molecule has 166 valence electrons. The van der Waals surface area contributed by atoms with Crippen LogP contribution in [-0.4, -0.2) is 35.0 Å². The topological polar surface area (TPSA) is 94.3 Å². The van der Waals surface area contributed by atoms with Crippen LogP contribution in [0.5, 0.6) is 0 Å². The summed E-state index contributed by atoms with van der Waals surface area (Å²) in [6, 6.07) is 16.4. The number of H-pyrrole nitrogens is 1. The standard InChI is InChI=1S/C24H29N7O/c1-4-5-13-31-24(32)30(22(27-31)14-17(2)3)16-18-9-11-19(12-10-18)20-7-6-8-21(15-20)23-25-28-29-26-23/h6-12,15,17H,4-5,13-14,16H2,1-3H3,(H,25,26,28,29). The molecule has 0 saturated carbocycles. The minimum absolute atomic E-state index is 0.0217. The van der Waals surface area contributed by atoms with Gasteiger partial charge in [0.15, 0.2) is 5.82 Å². The van der Waals surface area contributed by atoms with Gasteiger partial charge in [-0.2, -0.15) is 5.10 Å². The zero-order chi connectivity index (χ0) is 22.5. The lowest BCUT2D eigenvalue weighted by molar-refractivity contribution is 0.541. The molecule has 4 aromatic rings. The second-order valence-electron chi connectivity index (χ2n) is 8.49. The Morgan fingerprint density at radius 1 is 1.03 bits per heavy atom. The smallest absolute Gasteiger partial charge is 0.274 e. The zero-order valence-electron chi connectivity index (χ0n) is 18.8. The third kappa shape index (κ3) is 4.85. The summed E-state index contributed by atoms with van der Waals surface area (Å²) in [5, 5.41) is 18.7. The van der Waals surface area contributed by atoms with Crippen molar-refractivity contribution < 1.29 is 0 Å². The number of nitrogens with zero attached hydrogens (tertiary/aromatic N) is 6. The van der Waals surface area contributed by atoms with Crippen LogP contribution >= 0.6 is 0 Å². The summed E-state index contributed by atoms with van der Waals surface area (Å²) in [6.45, 7) is 7.62. The summed E-state index contributed by atoms with van der Waals surface area (Å²) >= 11 is 0. The van der Waals surface area contributed by atoms with Crippen LogP contribution in [0, 0.1) is 5.92 Å². The van der Waals surface area contributed by atoms with Crippen LogP contribution in [-0.2, 0) is 19.5 Å². The number of aryl methyl sites for hydroxylation is 1. The minimum Gasteiger partial charge on any atom is -0.274 e. The van der Waals surface area contributed by atoms with Gasteiger partial charge in [-0.05, 0) is 45.5 Å². The van der Waals surface area contributed by atoms with Crippen LogP contribution in [0.2, 0.25) is 0 Å². The van der Waals surface area contributed by atoms with Crippen LogP contribution in [0.25, 0.3) is 22.5 Å². The molecular weight excluding hydrogens is 402 g/mol. The van der Waals surface area contributed by atoms with Gasteiger partial charge in [-0.3, -0.25) is 4.57 Å². The molecular formula is C24H29N7O. The van der Waals surface area contributed by atoms with E-state index in [0.29, 0.717) is 24.8 Å². The summed E-state index contributed by atoms with van der Waals surface area (Å²) < 4.78 is 3.45. The number of benzene rings is 2. The maximum atomic E-state index is 13.0. The first kappa shape index (κ1) is 21.7. The van der Waals surface area contributed by atoms with E-state index >= 15 is 0 Å². The van der Waals surface area contributed by atoms with Gasteiger partial charge in [-0.15, -0.1) is 5.10 Å². The lowest BCUT2D eigenvalue weighted by atomic mass is 10.0. The largest absolute Gasteiger partial charge is 0.346 e. The maximum absolute atomic E-state index is 13.0. The Bertz CT molecular complexity index is 1200. The molecule has 0 aliphatic carbocycles. The second-order valence-corrected chi connectivity index (χ2v) is 8.49. The van der Waals surface area contributed by atoms with Gasteiger partial charge in [-0.25, -0.2) is 14.6 Å². The lowest BCUT2D eigenvalue weighted by Crippen LogP contribution is -2.26. The predicted molar refractivity (Wildman–Crippen MR) is 124 cm³/mol. The normalized spacial score (nSPS) is 11.4. The first-order valence-electron chi connectivity index (χ1n) is 11.1. The van der Waals surface area contributed by atoms with Crippen molar-refractivity contribution in [3.63, 3.8) is 0 Å². The van der Waals surface area contributed by atoms with Gasteiger partial charge in [-0.1, -0.05) is 69.7 Å². The lowest BCUT2D eigenvalue weighted by Gasteiger charge is -2.09. The molecule has 0 atom stereocenters. The van der Waals surface area contributed by atoms with Gasteiger partial charge in [0.1, 0.15) is 5.82 Å². The number of hydrogen-bond acceptors (Lipinski definition) is 5. The molecule has 0 aliphatic heterocycles. The van der Waals surface area contributed by atoms with Crippen LogP contribution in [0.15, 0.2) is 53.3 Å². The van der Waals surface area contributed by atoms with Gasteiger partial charge < -0.3 is 0 Å². The molecule has 4 rings (SSSR count). The molecule has 0 radical (unpaired) electrons. The van der Waals surface area contributed by atoms with Crippen molar-refractivity contribution in [1.82, 2.24) is 35.0 Å². The highest BCUT2D eigenvalue weighted by Crippen LogP contribution is 2.24. The quantitative estimate of drug-likeness (QED) is 0.433. The SMILES string of the molecule is CCCCn1nc(CC(C)C)n(Cc2ccc(-c3cccc(-c4nnn[nH]4)c3)cc2)c1=O. The summed E-state index contributed by atoms with van der Waals surface area (Å²) in [4.78, 5) is 13.0. The van der Waals surface area contributed by atoms with E-state index in [1.807, 2.05) is 16.7 Å². The van der Waals surface area contributed by atoms with E-state index < -0.39 is 0 Å². The van der Waals surface area contributed by atoms with Crippen molar-refractivity contribution >= 4 is 0 Å². The molecule has 0 spiro atoms. The Balaban J connectivity index is 1.57. The monoisotopic (exact) mass is 431 g/mol.